The number of hydrogen-bond donors (Lipinski definition) is 2. The van der Waals surface area contributed by atoms with Gasteiger partial charge in [0.15, 0.2) is 5.65 Å². The second kappa shape index (κ2) is 7.25. The van der Waals surface area contributed by atoms with Crippen molar-refractivity contribution < 1.29 is 0 Å². The van der Waals surface area contributed by atoms with Crippen LogP contribution in [0.5, 0.6) is 0 Å². The molecule has 0 aliphatic rings. The Hall–Kier alpha value is -4.12. The molecule has 136 valence electrons. The molecule has 0 fully saturated rings. The van der Waals surface area contributed by atoms with Crippen molar-refractivity contribution in [3.05, 3.63) is 66.4 Å². The molecular weight excluding hydrogens is 352 g/mol. The molecule has 0 bridgehead atoms. The fraction of sp³-hybridized carbons (Fsp3) is 0.100. The van der Waals surface area contributed by atoms with Crippen molar-refractivity contribution in [3.8, 4) is 17.3 Å². The minimum absolute atomic E-state index is 0.130. The third-order valence-electron chi connectivity index (χ3n) is 4.31. The summed E-state index contributed by atoms with van der Waals surface area (Å²) < 4.78 is 0. The maximum atomic E-state index is 9.37. The molecule has 0 aliphatic carbocycles. The summed E-state index contributed by atoms with van der Waals surface area (Å²) in [5, 5.41) is 13.5. The summed E-state index contributed by atoms with van der Waals surface area (Å²) in [6.45, 7) is 1.93. The SMILES string of the molecule is CC(Nc1ncnc(N)c1C#N)c1nc2ncccc2cc1-c1ccccn1. The van der Waals surface area contributed by atoms with E-state index in [1.807, 2.05) is 49.4 Å². The van der Waals surface area contributed by atoms with Gasteiger partial charge in [0.1, 0.15) is 29.6 Å². The van der Waals surface area contributed by atoms with Gasteiger partial charge in [-0.05, 0) is 37.3 Å². The molecule has 0 aliphatic heterocycles. The van der Waals surface area contributed by atoms with Gasteiger partial charge in [0.05, 0.1) is 17.4 Å². The second-order valence-electron chi connectivity index (χ2n) is 6.15. The van der Waals surface area contributed by atoms with E-state index in [-0.39, 0.29) is 17.4 Å². The van der Waals surface area contributed by atoms with Crippen LogP contribution in [0.4, 0.5) is 11.6 Å². The van der Waals surface area contributed by atoms with Gasteiger partial charge in [-0.15, -0.1) is 0 Å². The first kappa shape index (κ1) is 17.3. The fourth-order valence-corrected chi connectivity index (χ4v) is 2.97. The van der Waals surface area contributed by atoms with Crippen LogP contribution in [-0.4, -0.2) is 24.9 Å². The van der Waals surface area contributed by atoms with Crippen LogP contribution in [0.15, 0.2) is 55.1 Å². The van der Waals surface area contributed by atoms with Gasteiger partial charge in [-0.25, -0.2) is 19.9 Å². The number of aromatic nitrogens is 5. The van der Waals surface area contributed by atoms with E-state index in [4.69, 9.17) is 10.7 Å². The minimum atomic E-state index is -0.287. The number of nitriles is 1. The topological polar surface area (TPSA) is 126 Å². The van der Waals surface area contributed by atoms with Gasteiger partial charge >= 0.3 is 0 Å². The van der Waals surface area contributed by atoms with E-state index in [2.05, 4.69) is 25.3 Å². The Bertz CT molecular complexity index is 1180. The highest BCUT2D eigenvalue weighted by atomic mass is 15.1. The molecule has 0 spiro atoms. The minimum Gasteiger partial charge on any atom is -0.382 e. The maximum absolute atomic E-state index is 9.37. The van der Waals surface area contributed by atoms with Crippen molar-refractivity contribution in [1.29, 1.82) is 5.26 Å². The van der Waals surface area contributed by atoms with Gasteiger partial charge in [-0.3, -0.25) is 4.98 Å². The zero-order valence-electron chi connectivity index (χ0n) is 15.0. The summed E-state index contributed by atoms with van der Waals surface area (Å²) in [7, 11) is 0. The molecule has 1 atom stereocenters. The lowest BCUT2D eigenvalue weighted by Gasteiger charge is -2.19. The average Bonchev–Trinajstić information content (AvgIpc) is 2.73. The smallest absolute Gasteiger partial charge is 0.159 e. The highest BCUT2D eigenvalue weighted by Crippen LogP contribution is 2.30. The first-order valence-electron chi connectivity index (χ1n) is 8.61. The Kier molecular flexibility index (Phi) is 4.48. The molecule has 4 heterocycles. The lowest BCUT2D eigenvalue weighted by atomic mass is 10.0. The van der Waals surface area contributed by atoms with Gasteiger partial charge in [-0.1, -0.05) is 6.07 Å². The number of fused-ring (bicyclic) bond motifs is 1. The molecule has 0 aromatic carbocycles. The fourth-order valence-electron chi connectivity index (χ4n) is 2.97. The molecule has 4 aromatic rings. The number of nitrogens with two attached hydrogens (primary N) is 1. The van der Waals surface area contributed by atoms with Crippen LogP contribution < -0.4 is 11.1 Å². The number of pyridine rings is 3. The number of nitrogen functional groups attached to an aromatic ring is 1. The normalized spacial score (nSPS) is 11.7. The lowest BCUT2D eigenvalue weighted by Crippen LogP contribution is -2.14. The molecule has 8 nitrogen and oxygen atoms in total. The van der Waals surface area contributed by atoms with Crippen molar-refractivity contribution in [2.45, 2.75) is 13.0 Å². The van der Waals surface area contributed by atoms with Crippen molar-refractivity contribution in [1.82, 2.24) is 24.9 Å². The standard InChI is InChI=1S/C20H16N8/c1-12(27-20-15(10-21)18(22)25-11-26-20)17-14(16-6-2-3-7-23-16)9-13-5-4-8-24-19(13)28-17/h2-9,11-12H,1H3,(H3,22,25,26,27). The van der Waals surface area contributed by atoms with Crippen LogP contribution >= 0.6 is 0 Å². The second-order valence-corrected chi connectivity index (χ2v) is 6.15. The Balaban J connectivity index is 1.83. The monoisotopic (exact) mass is 368 g/mol. The maximum Gasteiger partial charge on any atom is 0.159 e. The van der Waals surface area contributed by atoms with Crippen LogP contribution in [0.25, 0.3) is 22.3 Å². The van der Waals surface area contributed by atoms with E-state index in [1.54, 1.807) is 12.4 Å². The zero-order valence-corrected chi connectivity index (χ0v) is 15.0. The van der Waals surface area contributed by atoms with Crippen LogP contribution in [-0.2, 0) is 0 Å². The quantitative estimate of drug-likeness (QED) is 0.562. The van der Waals surface area contributed by atoms with Gasteiger partial charge < -0.3 is 11.1 Å². The van der Waals surface area contributed by atoms with Crippen molar-refractivity contribution >= 4 is 22.7 Å². The highest BCUT2D eigenvalue weighted by Gasteiger charge is 2.19. The van der Waals surface area contributed by atoms with Gasteiger partial charge in [-0.2, -0.15) is 5.26 Å². The molecule has 4 rings (SSSR count). The summed E-state index contributed by atoms with van der Waals surface area (Å²) in [6.07, 6.45) is 4.76. The number of hydrogen-bond acceptors (Lipinski definition) is 8. The summed E-state index contributed by atoms with van der Waals surface area (Å²) in [5.41, 5.74) is 9.04. The van der Waals surface area contributed by atoms with E-state index in [0.717, 1.165) is 22.3 Å². The molecule has 4 aromatic heterocycles. The van der Waals surface area contributed by atoms with Gasteiger partial charge in [0, 0.05) is 23.3 Å². The average molecular weight is 368 g/mol. The molecule has 28 heavy (non-hydrogen) atoms. The Morgan fingerprint density at radius 3 is 2.71 bits per heavy atom. The first-order chi connectivity index (χ1) is 13.7. The molecule has 1 unspecified atom stereocenters. The summed E-state index contributed by atoms with van der Waals surface area (Å²) in [5.74, 6) is 0.489. The third-order valence-corrected chi connectivity index (χ3v) is 4.31. The first-order valence-corrected chi connectivity index (χ1v) is 8.61. The van der Waals surface area contributed by atoms with Crippen molar-refractivity contribution in [2.24, 2.45) is 0 Å². The zero-order chi connectivity index (χ0) is 19.5. The van der Waals surface area contributed by atoms with E-state index >= 15 is 0 Å². The molecule has 0 saturated heterocycles. The third kappa shape index (κ3) is 3.17. The molecule has 3 N–H and O–H groups in total. The van der Waals surface area contributed by atoms with Gasteiger partial charge in [0.2, 0.25) is 0 Å². The van der Waals surface area contributed by atoms with E-state index in [0.29, 0.717) is 11.5 Å². The summed E-state index contributed by atoms with van der Waals surface area (Å²) in [6, 6.07) is 13.3. The van der Waals surface area contributed by atoms with Crippen LogP contribution in [0.2, 0.25) is 0 Å². The molecular formula is C20H16N8. The van der Waals surface area contributed by atoms with Crippen molar-refractivity contribution in [2.75, 3.05) is 11.1 Å². The molecule has 0 radical (unpaired) electrons. The number of anilines is 2. The number of nitrogens with zero attached hydrogens (tertiary/aromatic N) is 6. The number of rotatable bonds is 4. The Labute approximate surface area is 161 Å². The Morgan fingerprint density at radius 2 is 1.93 bits per heavy atom. The van der Waals surface area contributed by atoms with Crippen LogP contribution in [0, 0.1) is 11.3 Å². The molecule has 0 saturated carbocycles. The largest absolute Gasteiger partial charge is 0.382 e. The number of nitrogens with one attached hydrogen (secondary N) is 1. The summed E-state index contributed by atoms with van der Waals surface area (Å²) >= 11 is 0. The van der Waals surface area contributed by atoms with E-state index in [1.165, 1.54) is 6.33 Å². The predicted molar refractivity (Wildman–Crippen MR) is 106 cm³/mol. The predicted octanol–water partition coefficient (Wildman–Crippen LogP) is 3.11. The molecule has 0 amide bonds. The molecule has 8 heteroatoms. The van der Waals surface area contributed by atoms with E-state index in [9.17, 15) is 5.26 Å². The summed E-state index contributed by atoms with van der Waals surface area (Å²) in [4.78, 5) is 21.6. The van der Waals surface area contributed by atoms with Crippen molar-refractivity contribution in [3.63, 3.8) is 0 Å². The van der Waals surface area contributed by atoms with E-state index < -0.39 is 0 Å². The Morgan fingerprint density at radius 1 is 1.07 bits per heavy atom. The van der Waals surface area contributed by atoms with Crippen LogP contribution in [0.3, 0.4) is 0 Å². The highest BCUT2D eigenvalue weighted by molar-refractivity contribution is 5.82. The lowest BCUT2D eigenvalue weighted by molar-refractivity contribution is 0.836. The van der Waals surface area contributed by atoms with Crippen LogP contribution in [0.1, 0.15) is 24.2 Å². The van der Waals surface area contributed by atoms with Gasteiger partial charge in [0.25, 0.3) is 0 Å².